The van der Waals surface area contributed by atoms with Gasteiger partial charge in [0, 0.05) is 29.8 Å². The minimum absolute atomic E-state index is 0.127. The van der Waals surface area contributed by atoms with Crippen LogP contribution in [0.25, 0.3) is 10.9 Å². The standard InChI is InChI=1S/C22H17F7N4O2/c1-12(31-32-18(34)16-11-33(2)17-9-4-3-8-15(16)17)13-6-5-7-14(10-13)30-19(35)20(23,24)21(25,26)22(27,28)29/h3-11H,1-2H3,(H,30,35)(H,32,34). The Morgan fingerprint density at radius 3 is 2.26 bits per heavy atom. The fourth-order valence-electron chi connectivity index (χ4n) is 3.13. The number of aromatic nitrogens is 1. The molecule has 1 aromatic heterocycles. The maximum absolute atomic E-state index is 13.6. The first-order valence-electron chi connectivity index (χ1n) is 9.79. The average Bonchev–Trinajstić information content (AvgIpc) is 3.13. The maximum atomic E-state index is 13.6. The van der Waals surface area contributed by atoms with Crippen LogP contribution in [0.3, 0.4) is 0 Å². The van der Waals surface area contributed by atoms with E-state index in [1.807, 2.05) is 6.07 Å². The molecule has 0 aliphatic rings. The van der Waals surface area contributed by atoms with Crippen LogP contribution in [0, 0.1) is 0 Å². The van der Waals surface area contributed by atoms with Gasteiger partial charge in [-0.3, -0.25) is 9.59 Å². The lowest BCUT2D eigenvalue weighted by Gasteiger charge is -2.27. The van der Waals surface area contributed by atoms with E-state index < -0.39 is 35.5 Å². The topological polar surface area (TPSA) is 75.5 Å². The summed E-state index contributed by atoms with van der Waals surface area (Å²) < 4.78 is 91.9. The molecule has 3 rings (SSSR count). The predicted octanol–water partition coefficient (Wildman–Crippen LogP) is 5.10. The molecule has 2 aromatic carbocycles. The largest absolute Gasteiger partial charge is 0.460 e. The van der Waals surface area contributed by atoms with Crippen molar-refractivity contribution in [2.75, 3.05) is 5.32 Å². The van der Waals surface area contributed by atoms with Crippen LogP contribution in [-0.2, 0) is 11.8 Å². The minimum Gasteiger partial charge on any atom is -0.350 e. The highest BCUT2D eigenvalue weighted by Gasteiger charge is 2.76. The summed E-state index contributed by atoms with van der Waals surface area (Å²) in [5.74, 6) is -16.0. The molecule has 0 bridgehead atoms. The van der Waals surface area contributed by atoms with Gasteiger partial charge in [-0.15, -0.1) is 0 Å². The van der Waals surface area contributed by atoms with Crippen molar-refractivity contribution in [1.29, 1.82) is 0 Å². The number of anilines is 1. The number of aryl methyl sites for hydroxylation is 1. The Labute approximate surface area is 193 Å². The number of carbonyl (C=O) groups is 2. The highest BCUT2D eigenvalue weighted by atomic mass is 19.4. The van der Waals surface area contributed by atoms with Crippen LogP contribution in [0.1, 0.15) is 22.8 Å². The monoisotopic (exact) mass is 502 g/mol. The van der Waals surface area contributed by atoms with Gasteiger partial charge in [0.1, 0.15) is 0 Å². The molecule has 3 aromatic rings. The van der Waals surface area contributed by atoms with Gasteiger partial charge >= 0.3 is 23.9 Å². The Morgan fingerprint density at radius 1 is 0.943 bits per heavy atom. The number of fused-ring (bicyclic) bond motifs is 1. The second-order valence-corrected chi connectivity index (χ2v) is 7.49. The Bertz CT molecular complexity index is 1310. The van der Waals surface area contributed by atoms with Gasteiger partial charge < -0.3 is 9.88 Å². The molecule has 0 aliphatic heterocycles. The normalized spacial score (nSPS) is 13.1. The highest BCUT2D eigenvalue weighted by molar-refractivity contribution is 6.08. The molecular weight excluding hydrogens is 485 g/mol. The van der Waals surface area contributed by atoms with E-state index in [1.54, 1.807) is 36.0 Å². The molecule has 0 aliphatic carbocycles. The molecule has 35 heavy (non-hydrogen) atoms. The summed E-state index contributed by atoms with van der Waals surface area (Å²) in [5, 5.41) is 5.93. The first kappa shape index (κ1) is 25.7. The SMILES string of the molecule is CC(=NNC(=O)c1cn(C)c2ccccc12)c1cccc(NC(=O)C(F)(F)C(F)(F)C(F)(F)F)c1. The Hall–Kier alpha value is -3.90. The van der Waals surface area contributed by atoms with Gasteiger partial charge in [0.05, 0.1) is 11.3 Å². The van der Waals surface area contributed by atoms with Crippen molar-refractivity contribution in [1.82, 2.24) is 9.99 Å². The molecule has 2 amide bonds. The van der Waals surface area contributed by atoms with Crippen LogP contribution < -0.4 is 10.7 Å². The zero-order valence-corrected chi connectivity index (χ0v) is 18.1. The van der Waals surface area contributed by atoms with Gasteiger partial charge in [0.25, 0.3) is 5.91 Å². The molecular formula is C22H17F7N4O2. The van der Waals surface area contributed by atoms with E-state index in [1.165, 1.54) is 24.4 Å². The van der Waals surface area contributed by atoms with Crippen molar-refractivity contribution in [2.24, 2.45) is 12.1 Å². The van der Waals surface area contributed by atoms with Crippen molar-refractivity contribution < 1.29 is 40.3 Å². The quantitative estimate of drug-likeness (QED) is 0.280. The number of hydrogen-bond donors (Lipinski definition) is 2. The summed E-state index contributed by atoms with van der Waals surface area (Å²) in [4.78, 5) is 24.1. The van der Waals surface area contributed by atoms with E-state index in [2.05, 4.69) is 10.5 Å². The van der Waals surface area contributed by atoms with Gasteiger partial charge in [-0.25, -0.2) is 5.43 Å². The molecule has 2 N–H and O–H groups in total. The second-order valence-electron chi connectivity index (χ2n) is 7.49. The van der Waals surface area contributed by atoms with Gasteiger partial charge in [-0.2, -0.15) is 35.8 Å². The summed E-state index contributed by atoms with van der Waals surface area (Å²) >= 11 is 0. The van der Waals surface area contributed by atoms with E-state index in [0.717, 1.165) is 17.6 Å². The molecule has 6 nitrogen and oxygen atoms in total. The number of rotatable bonds is 6. The van der Waals surface area contributed by atoms with E-state index in [9.17, 15) is 40.3 Å². The van der Waals surface area contributed by atoms with E-state index in [0.29, 0.717) is 10.9 Å². The van der Waals surface area contributed by atoms with Crippen LogP contribution in [0.4, 0.5) is 36.4 Å². The fraction of sp³-hybridized carbons (Fsp3) is 0.227. The first-order chi connectivity index (χ1) is 16.2. The second kappa shape index (κ2) is 9.04. The van der Waals surface area contributed by atoms with Crippen molar-refractivity contribution in [3.05, 3.63) is 65.9 Å². The van der Waals surface area contributed by atoms with Crippen molar-refractivity contribution in [3.63, 3.8) is 0 Å². The number of amides is 2. The Kier molecular flexibility index (Phi) is 6.64. The number of nitrogens with zero attached hydrogens (tertiary/aromatic N) is 2. The molecule has 0 unspecified atom stereocenters. The number of benzene rings is 2. The van der Waals surface area contributed by atoms with E-state index in [-0.39, 0.29) is 11.3 Å². The maximum Gasteiger partial charge on any atom is 0.460 e. The lowest BCUT2D eigenvalue weighted by atomic mass is 10.1. The Balaban J connectivity index is 1.77. The van der Waals surface area contributed by atoms with E-state index >= 15 is 0 Å². The third-order valence-corrected chi connectivity index (χ3v) is 5.04. The van der Waals surface area contributed by atoms with E-state index in [4.69, 9.17) is 0 Å². The Morgan fingerprint density at radius 2 is 1.60 bits per heavy atom. The lowest BCUT2D eigenvalue weighted by Crippen LogP contribution is -2.57. The molecule has 1 heterocycles. The summed E-state index contributed by atoms with van der Waals surface area (Å²) in [6, 6.07) is 11.7. The smallest absolute Gasteiger partial charge is 0.350 e. The number of halogens is 7. The third kappa shape index (κ3) is 4.84. The van der Waals surface area contributed by atoms with Crippen molar-refractivity contribution >= 4 is 34.1 Å². The molecule has 0 saturated carbocycles. The van der Waals surface area contributed by atoms with Gasteiger partial charge in [0.2, 0.25) is 0 Å². The lowest BCUT2D eigenvalue weighted by molar-refractivity contribution is -0.343. The molecule has 0 fully saturated rings. The zero-order valence-electron chi connectivity index (χ0n) is 18.1. The zero-order chi connectivity index (χ0) is 26.2. The van der Waals surface area contributed by atoms with Gasteiger partial charge in [0.15, 0.2) is 0 Å². The summed E-state index contributed by atoms with van der Waals surface area (Å²) in [7, 11) is 1.75. The summed E-state index contributed by atoms with van der Waals surface area (Å²) in [6.07, 6.45) is -5.04. The van der Waals surface area contributed by atoms with Crippen LogP contribution in [0.15, 0.2) is 59.8 Å². The number of para-hydroxylation sites is 1. The molecule has 186 valence electrons. The summed E-state index contributed by atoms with van der Waals surface area (Å²) in [6.45, 7) is 1.41. The van der Waals surface area contributed by atoms with Crippen molar-refractivity contribution in [2.45, 2.75) is 24.9 Å². The third-order valence-electron chi connectivity index (χ3n) is 5.04. The molecule has 0 saturated heterocycles. The van der Waals surface area contributed by atoms with Crippen LogP contribution in [-0.4, -0.2) is 40.1 Å². The molecule has 0 spiro atoms. The van der Waals surface area contributed by atoms with Gasteiger partial charge in [-0.05, 0) is 30.7 Å². The number of hydrazone groups is 1. The molecule has 0 radical (unpaired) electrons. The fourth-order valence-corrected chi connectivity index (χ4v) is 3.13. The van der Waals surface area contributed by atoms with Crippen LogP contribution >= 0.6 is 0 Å². The number of carbonyl (C=O) groups excluding carboxylic acids is 2. The number of hydrogen-bond acceptors (Lipinski definition) is 3. The first-order valence-corrected chi connectivity index (χ1v) is 9.79. The van der Waals surface area contributed by atoms with Crippen LogP contribution in [0.2, 0.25) is 0 Å². The predicted molar refractivity (Wildman–Crippen MR) is 114 cm³/mol. The van der Waals surface area contributed by atoms with Gasteiger partial charge in [-0.1, -0.05) is 30.3 Å². The van der Waals surface area contributed by atoms with Crippen LogP contribution in [0.5, 0.6) is 0 Å². The number of alkyl halides is 7. The molecule has 0 atom stereocenters. The average molecular weight is 502 g/mol. The molecule has 13 heteroatoms. The highest BCUT2D eigenvalue weighted by Crippen LogP contribution is 2.46. The number of nitrogens with one attached hydrogen (secondary N) is 2. The van der Waals surface area contributed by atoms with Crippen molar-refractivity contribution in [3.8, 4) is 0 Å². The minimum atomic E-state index is -6.64. The summed E-state index contributed by atoms with van der Waals surface area (Å²) in [5.41, 5.74) is 3.26.